The van der Waals surface area contributed by atoms with Crippen LogP contribution in [0.15, 0.2) is 35.4 Å². The molecule has 1 saturated heterocycles. The Bertz CT molecular complexity index is 394. The fraction of sp³-hybridized carbons (Fsp3) is 0.467. The first kappa shape index (κ1) is 13.6. The number of quaternary nitrogens is 1. The molecule has 2 rings (SSSR count). The van der Waals surface area contributed by atoms with E-state index in [2.05, 4.69) is 32.1 Å². The van der Waals surface area contributed by atoms with Gasteiger partial charge in [0.25, 0.3) is 0 Å². The van der Waals surface area contributed by atoms with Gasteiger partial charge in [0.15, 0.2) is 0 Å². The smallest absolute Gasteiger partial charge is 0.114 e. The van der Waals surface area contributed by atoms with Gasteiger partial charge in [0.1, 0.15) is 31.8 Å². The molecule has 1 N–H and O–H groups in total. The summed E-state index contributed by atoms with van der Waals surface area (Å²) in [6.07, 6.45) is 2.70. The molecule has 98 valence electrons. The van der Waals surface area contributed by atoms with E-state index in [9.17, 15) is 0 Å². The van der Waals surface area contributed by atoms with E-state index in [0.29, 0.717) is 12.2 Å². The first-order chi connectivity index (χ1) is 8.63. The summed E-state index contributed by atoms with van der Waals surface area (Å²) < 4.78 is 5.73. The third kappa shape index (κ3) is 4.13. The third-order valence-corrected chi connectivity index (χ3v) is 3.40. The number of hydrogen-bond acceptors (Lipinski definition) is 1. The molecule has 1 aromatic rings. The van der Waals surface area contributed by atoms with Crippen molar-refractivity contribution < 1.29 is 9.64 Å². The second-order valence-corrected chi connectivity index (χ2v) is 5.58. The highest BCUT2D eigenvalue weighted by Gasteiger charge is 2.25. The second kappa shape index (κ2) is 6.37. The van der Waals surface area contributed by atoms with Gasteiger partial charge in [-0.05, 0) is 25.5 Å². The molecular weight excluding hydrogens is 246 g/mol. The summed E-state index contributed by atoms with van der Waals surface area (Å²) in [6.45, 7) is 7.20. The molecule has 0 bridgehead atoms. The van der Waals surface area contributed by atoms with E-state index in [1.54, 1.807) is 0 Å². The molecule has 3 heteroatoms. The van der Waals surface area contributed by atoms with Crippen LogP contribution in [0.2, 0.25) is 0 Å². The number of rotatable bonds is 3. The van der Waals surface area contributed by atoms with Gasteiger partial charge in [0.05, 0.1) is 5.03 Å². The molecule has 1 unspecified atom stereocenters. The lowest BCUT2D eigenvalue weighted by Crippen LogP contribution is -3.15. The summed E-state index contributed by atoms with van der Waals surface area (Å²) >= 11 is 6.34. The maximum absolute atomic E-state index is 6.34. The van der Waals surface area contributed by atoms with Gasteiger partial charge < -0.3 is 9.64 Å². The summed E-state index contributed by atoms with van der Waals surface area (Å²) in [7, 11) is 0. The molecule has 1 aromatic carbocycles. The molecule has 0 saturated carbocycles. The predicted octanol–water partition coefficient (Wildman–Crippen LogP) is 1.96. The van der Waals surface area contributed by atoms with Crippen LogP contribution >= 0.6 is 11.6 Å². The lowest BCUT2D eigenvalue weighted by Gasteiger charge is -2.32. The predicted molar refractivity (Wildman–Crippen MR) is 75.8 cm³/mol. The molecule has 0 aromatic heterocycles. The van der Waals surface area contributed by atoms with E-state index >= 15 is 0 Å². The monoisotopic (exact) mass is 266 g/mol. The van der Waals surface area contributed by atoms with Gasteiger partial charge in [-0.2, -0.15) is 0 Å². The zero-order valence-corrected chi connectivity index (χ0v) is 11.8. The molecule has 3 atom stereocenters. The van der Waals surface area contributed by atoms with Crippen molar-refractivity contribution in [3.63, 3.8) is 0 Å². The van der Waals surface area contributed by atoms with Crippen molar-refractivity contribution in [1.29, 1.82) is 0 Å². The number of halogens is 1. The summed E-state index contributed by atoms with van der Waals surface area (Å²) in [5.74, 6) is 0. The Kier molecular flexibility index (Phi) is 4.81. The summed E-state index contributed by atoms with van der Waals surface area (Å²) in [5, 5.41) is 0.914. The van der Waals surface area contributed by atoms with Crippen LogP contribution in [-0.2, 0) is 4.74 Å². The average molecular weight is 267 g/mol. The van der Waals surface area contributed by atoms with Crippen LogP contribution in [-0.4, -0.2) is 31.8 Å². The van der Waals surface area contributed by atoms with Crippen LogP contribution in [0.3, 0.4) is 0 Å². The van der Waals surface area contributed by atoms with E-state index in [0.717, 1.165) is 30.2 Å². The van der Waals surface area contributed by atoms with E-state index in [1.807, 2.05) is 18.2 Å². The quantitative estimate of drug-likeness (QED) is 0.883. The van der Waals surface area contributed by atoms with Crippen LogP contribution in [0.1, 0.15) is 19.4 Å². The molecule has 0 amide bonds. The first-order valence-corrected chi connectivity index (χ1v) is 6.91. The molecule has 1 fully saturated rings. The fourth-order valence-electron chi connectivity index (χ4n) is 2.55. The lowest BCUT2D eigenvalue weighted by atomic mass is 10.2. The van der Waals surface area contributed by atoms with Crippen LogP contribution in [0.4, 0.5) is 0 Å². The van der Waals surface area contributed by atoms with E-state index in [1.165, 1.54) is 4.90 Å². The molecule has 0 radical (unpaired) electrons. The van der Waals surface area contributed by atoms with Crippen molar-refractivity contribution in [2.75, 3.05) is 19.6 Å². The minimum atomic E-state index is 0.324. The number of hydrogen-bond donors (Lipinski definition) is 1. The maximum atomic E-state index is 6.34. The van der Waals surface area contributed by atoms with Crippen LogP contribution < -0.4 is 4.90 Å². The highest BCUT2D eigenvalue weighted by molar-refractivity contribution is 6.31. The Labute approximate surface area is 114 Å². The molecule has 1 heterocycles. The first-order valence-electron chi connectivity index (χ1n) is 6.53. The highest BCUT2D eigenvalue weighted by atomic mass is 35.5. The molecule has 1 aliphatic heterocycles. The Hall–Kier alpha value is -0.830. The fourth-order valence-corrected chi connectivity index (χ4v) is 2.87. The van der Waals surface area contributed by atoms with Gasteiger partial charge >= 0.3 is 0 Å². The second-order valence-electron chi connectivity index (χ2n) is 5.09. The molecule has 0 spiro atoms. The van der Waals surface area contributed by atoms with Gasteiger partial charge in [0.2, 0.25) is 0 Å². The van der Waals surface area contributed by atoms with Gasteiger partial charge in [-0.25, -0.2) is 0 Å². The molecule has 1 aliphatic rings. The van der Waals surface area contributed by atoms with E-state index in [-0.39, 0.29) is 0 Å². The molecule has 2 nitrogen and oxygen atoms in total. The van der Waals surface area contributed by atoms with Gasteiger partial charge in [0, 0.05) is 0 Å². The number of nitrogens with one attached hydrogen (secondary N) is 1. The van der Waals surface area contributed by atoms with Crippen molar-refractivity contribution in [3.05, 3.63) is 40.9 Å². The van der Waals surface area contributed by atoms with Crippen LogP contribution in [0, 0.1) is 0 Å². The van der Waals surface area contributed by atoms with E-state index < -0.39 is 0 Å². The lowest BCUT2D eigenvalue weighted by molar-refractivity contribution is -0.909. The Morgan fingerprint density at radius 3 is 2.50 bits per heavy atom. The Morgan fingerprint density at radius 2 is 1.89 bits per heavy atom. The summed E-state index contributed by atoms with van der Waals surface area (Å²) in [5.41, 5.74) is 1.16. The summed E-state index contributed by atoms with van der Waals surface area (Å²) in [6, 6.07) is 10.2. The maximum Gasteiger partial charge on any atom is 0.114 e. The van der Waals surface area contributed by atoms with Gasteiger partial charge in [-0.3, -0.25) is 0 Å². The van der Waals surface area contributed by atoms with Crippen molar-refractivity contribution in [2.45, 2.75) is 26.1 Å². The minimum Gasteiger partial charge on any atom is -0.364 e. The topological polar surface area (TPSA) is 13.7 Å². The van der Waals surface area contributed by atoms with Crippen LogP contribution in [0.5, 0.6) is 0 Å². The zero-order chi connectivity index (χ0) is 13.0. The summed E-state index contributed by atoms with van der Waals surface area (Å²) in [4.78, 5) is 1.50. The van der Waals surface area contributed by atoms with E-state index in [4.69, 9.17) is 16.3 Å². The molecular formula is C15H21ClNO+. The number of ether oxygens (including phenoxy) is 1. The number of benzene rings is 1. The van der Waals surface area contributed by atoms with Crippen molar-refractivity contribution >= 4 is 17.7 Å². The minimum absolute atomic E-state index is 0.324. The standard InChI is InChI=1S/C15H20ClNO/c1-12-9-17(10-13(2)18-12)11-15(16)8-14-6-4-3-5-7-14/h3-8,12-13H,9-11H2,1-2H3/p+1/b15-8-/t12-,13+. The van der Waals surface area contributed by atoms with Crippen LogP contribution in [0.25, 0.3) is 6.08 Å². The Balaban J connectivity index is 1.94. The normalized spacial score (nSPS) is 29.3. The van der Waals surface area contributed by atoms with Crippen molar-refractivity contribution in [2.24, 2.45) is 0 Å². The molecule has 18 heavy (non-hydrogen) atoms. The highest BCUT2D eigenvalue weighted by Crippen LogP contribution is 2.08. The SMILES string of the molecule is C[C@@H]1C[NH+](C/C(Cl)=C/c2ccccc2)C[C@H](C)O1. The third-order valence-electron chi connectivity index (χ3n) is 3.16. The average Bonchev–Trinajstić information content (AvgIpc) is 2.28. The largest absolute Gasteiger partial charge is 0.364 e. The van der Waals surface area contributed by atoms with Gasteiger partial charge in [-0.1, -0.05) is 41.9 Å². The van der Waals surface area contributed by atoms with Gasteiger partial charge in [-0.15, -0.1) is 0 Å². The van der Waals surface area contributed by atoms with Crippen molar-refractivity contribution in [1.82, 2.24) is 0 Å². The zero-order valence-electron chi connectivity index (χ0n) is 11.0. The molecule has 0 aliphatic carbocycles. The number of morpholine rings is 1. The van der Waals surface area contributed by atoms with Crippen molar-refractivity contribution in [3.8, 4) is 0 Å². The Morgan fingerprint density at radius 1 is 1.28 bits per heavy atom.